The largest absolute Gasteiger partial charge is 0.506 e. The maximum atomic E-state index is 12.9. The van der Waals surface area contributed by atoms with Gasteiger partial charge in [-0.05, 0) is 134 Å². The van der Waals surface area contributed by atoms with Crippen LogP contribution in [0, 0.1) is 0 Å². The molecule has 6 aromatic rings. The zero-order chi connectivity index (χ0) is 42.0. The molecule has 4 N–H and O–H groups in total. The number of phenols is 1. The SMILES string of the molecule is CN(CCCn1ccc2cc(CNC[C@H](O[Si](C)(C)C(C)(C)C)c3ccc(O)c4[nH]c(=O)ccc34)ccc21)[C@H]1CC[C@H](OC(C(=O)O)(c2cccs2)c2cccs2)CC1. The van der Waals surface area contributed by atoms with Crippen molar-refractivity contribution in [3.05, 3.63) is 121 Å². The first-order valence-corrected chi connectivity index (χ1v) is 25.3. The molecule has 4 heterocycles. The fourth-order valence-electron chi connectivity index (χ4n) is 8.17. The quantitative estimate of drug-likeness (QED) is 0.0668. The Balaban J connectivity index is 0.930. The Hall–Kier alpha value is -4.08. The molecule has 1 saturated carbocycles. The minimum atomic E-state index is -2.19. The molecule has 1 aliphatic carbocycles. The van der Waals surface area contributed by atoms with Crippen LogP contribution in [0.3, 0.4) is 0 Å². The number of hydrogen-bond acceptors (Lipinski definition) is 9. The molecule has 2 aromatic carbocycles. The lowest BCUT2D eigenvalue weighted by molar-refractivity contribution is -0.170. The van der Waals surface area contributed by atoms with Crippen LogP contribution < -0.4 is 10.9 Å². The summed E-state index contributed by atoms with van der Waals surface area (Å²) >= 11 is 2.87. The second-order valence-electron chi connectivity index (χ2n) is 17.5. The zero-order valence-electron chi connectivity index (χ0n) is 35.0. The van der Waals surface area contributed by atoms with E-state index in [-0.39, 0.29) is 28.6 Å². The lowest BCUT2D eigenvalue weighted by Crippen LogP contribution is -2.44. The number of benzene rings is 2. The molecule has 7 rings (SSSR count). The van der Waals surface area contributed by atoms with Gasteiger partial charge < -0.3 is 39.1 Å². The molecular formula is C46H58N4O6S2Si. The average Bonchev–Trinajstić information content (AvgIpc) is 4.01. The maximum absolute atomic E-state index is 12.9. The number of carboxylic acids is 1. The molecule has 0 spiro atoms. The van der Waals surface area contributed by atoms with Crippen LogP contribution in [0.25, 0.3) is 21.8 Å². The number of hydrogen-bond donors (Lipinski definition) is 4. The van der Waals surface area contributed by atoms with Gasteiger partial charge in [-0.15, -0.1) is 22.7 Å². The number of phenolic OH excluding ortho intramolecular Hbond substituents is 1. The standard InChI is InChI=1S/C46H58N4O6S2Si/c1-45(2,3)59(5,6)56-39(35-17-20-38(51)43-36(35)18-21-42(52)48-43)30-47-29-31-12-19-37-32(28-31)22-25-50(37)24-9-23-49(4)33-13-15-34(16-14-33)55-46(44(53)54,40-10-7-26-57-40)41-11-8-27-58-41/h7-8,10-12,17-22,25-28,33-34,39,47,51H,9,13-16,23-24,29-30H2,1-6H3,(H,48,52)(H,53,54)/t33-,34-,39-/m0/s1. The second-order valence-corrected chi connectivity index (χ2v) is 24.2. The molecule has 0 amide bonds. The highest BCUT2D eigenvalue weighted by molar-refractivity contribution is 7.12. The molecule has 10 nitrogen and oxygen atoms in total. The fraction of sp³-hybridized carbons (Fsp3) is 0.435. The van der Waals surface area contributed by atoms with Crippen LogP contribution in [0.5, 0.6) is 5.75 Å². The van der Waals surface area contributed by atoms with Crippen molar-refractivity contribution in [3.63, 3.8) is 0 Å². The Labute approximate surface area is 355 Å². The number of aromatic nitrogens is 2. The molecule has 4 aromatic heterocycles. The van der Waals surface area contributed by atoms with E-state index in [1.807, 2.05) is 41.1 Å². The molecule has 0 bridgehead atoms. The van der Waals surface area contributed by atoms with Crippen LogP contribution in [-0.4, -0.2) is 71.2 Å². The molecular weight excluding hydrogens is 797 g/mol. The predicted octanol–water partition coefficient (Wildman–Crippen LogP) is 9.84. The molecule has 0 unspecified atom stereocenters. The van der Waals surface area contributed by atoms with Crippen LogP contribution >= 0.6 is 22.7 Å². The van der Waals surface area contributed by atoms with E-state index in [1.54, 1.807) is 12.1 Å². The smallest absolute Gasteiger partial charge is 0.347 e. The van der Waals surface area contributed by atoms with Gasteiger partial charge in [0.2, 0.25) is 11.2 Å². The van der Waals surface area contributed by atoms with E-state index < -0.39 is 19.9 Å². The van der Waals surface area contributed by atoms with E-state index in [1.165, 1.54) is 45.2 Å². The number of ether oxygens (including phenoxy) is 1. The first kappa shape index (κ1) is 43.0. The van der Waals surface area contributed by atoms with Crippen LogP contribution in [0.4, 0.5) is 0 Å². The van der Waals surface area contributed by atoms with Crippen LogP contribution in [0.15, 0.2) is 94.5 Å². The Bertz CT molecular complexity index is 2360. The number of thiophene rings is 2. The number of rotatable bonds is 17. The van der Waals surface area contributed by atoms with Crippen molar-refractivity contribution in [2.45, 2.75) is 108 Å². The molecule has 59 heavy (non-hydrogen) atoms. The lowest BCUT2D eigenvalue weighted by atomic mass is 9.90. The molecule has 0 aliphatic heterocycles. The summed E-state index contributed by atoms with van der Waals surface area (Å²) in [6.07, 6.45) is 6.43. The first-order chi connectivity index (χ1) is 28.2. The minimum absolute atomic E-state index is 0.00276. The van der Waals surface area contributed by atoms with Crippen molar-refractivity contribution in [1.82, 2.24) is 19.8 Å². The average molecular weight is 855 g/mol. The number of nitrogens with one attached hydrogen (secondary N) is 2. The van der Waals surface area contributed by atoms with Gasteiger partial charge in [0, 0.05) is 48.8 Å². The number of aryl methyl sites for hydroxylation is 1. The van der Waals surface area contributed by atoms with Crippen LogP contribution in [-0.2, 0) is 32.6 Å². The second kappa shape index (κ2) is 17.9. The van der Waals surface area contributed by atoms with E-state index in [2.05, 4.69) is 91.1 Å². The van der Waals surface area contributed by atoms with Crippen molar-refractivity contribution in [2.75, 3.05) is 20.1 Å². The van der Waals surface area contributed by atoms with E-state index in [0.29, 0.717) is 24.6 Å². The van der Waals surface area contributed by atoms with Crippen LogP contribution in [0.2, 0.25) is 18.1 Å². The normalized spacial score (nSPS) is 17.3. The summed E-state index contributed by atoms with van der Waals surface area (Å²) in [6.45, 7) is 14.3. The molecule has 13 heteroatoms. The van der Waals surface area contributed by atoms with Gasteiger partial charge >= 0.3 is 5.97 Å². The third-order valence-electron chi connectivity index (χ3n) is 12.5. The van der Waals surface area contributed by atoms with Gasteiger partial charge in [0.15, 0.2) is 8.32 Å². The lowest BCUT2D eigenvalue weighted by Gasteiger charge is -2.39. The van der Waals surface area contributed by atoms with E-state index >= 15 is 0 Å². The third-order valence-corrected chi connectivity index (χ3v) is 19.0. The predicted molar refractivity (Wildman–Crippen MR) is 242 cm³/mol. The summed E-state index contributed by atoms with van der Waals surface area (Å²) < 4.78 is 16.0. The number of pyridine rings is 1. The molecule has 0 radical (unpaired) electrons. The summed E-state index contributed by atoms with van der Waals surface area (Å²) in [7, 11) is 0.0246. The van der Waals surface area contributed by atoms with Crippen molar-refractivity contribution < 1.29 is 24.2 Å². The van der Waals surface area contributed by atoms with Gasteiger partial charge in [-0.25, -0.2) is 4.79 Å². The van der Waals surface area contributed by atoms with Crippen molar-refractivity contribution in [2.24, 2.45) is 0 Å². The number of carboxylic acid groups (broad SMARTS) is 1. The molecule has 1 fully saturated rings. The number of aliphatic carboxylic acids is 1. The van der Waals surface area contributed by atoms with Gasteiger partial charge in [0.1, 0.15) is 5.75 Å². The van der Waals surface area contributed by atoms with Gasteiger partial charge in [0.25, 0.3) is 0 Å². The molecule has 1 atom stereocenters. The van der Waals surface area contributed by atoms with Crippen molar-refractivity contribution in [3.8, 4) is 5.75 Å². The number of nitrogens with zero attached hydrogens (tertiary/aromatic N) is 2. The highest BCUT2D eigenvalue weighted by atomic mass is 32.1. The number of fused-ring (bicyclic) bond motifs is 2. The molecule has 314 valence electrons. The number of carbonyl (C=O) groups is 1. The van der Waals surface area contributed by atoms with E-state index in [4.69, 9.17) is 9.16 Å². The summed E-state index contributed by atoms with van der Waals surface area (Å²) in [4.78, 5) is 31.7. The Morgan fingerprint density at radius 3 is 2.36 bits per heavy atom. The highest BCUT2D eigenvalue weighted by Crippen LogP contribution is 2.43. The Morgan fingerprint density at radius 1 is 1.00 bits per heavy atom. The summed E-state index contributed by atoms with van der Waals surface area (Å²) in [5.74, 6) is -0.909. The van der Waals surface area contributed by atoms with Crippen LogP contribution in [0.1, 0.15) is 79.9 Å². The third kappa shape index (κ3) is 9.31. The molecule has 0 saturated heterocycles. The first-order valence-electron chi connectivity index (χ1n) is 20.7. The minimum Gasteiger partial charge on any atom is -0.506 e. The van der Waals surface area contributed by atoms with E-state index in [0.717, 1.165) is 65.9 Å². The monoisotopic (exact) mass is 854 g/mol. The van der Waals surface area contributed by atoms with E-state index in [9.17, 15) is 19.8 Å². The van der Waals surface area contributed by atoms with Gasteiger partial charge in [-0.3, -0.25) is 4.79 Å². The highest BCUT2D eigenvalue weighted by Gasteiger charge is 2.48. The summed E-state index contributed by atoms with van der Waals surface area (Å²) in [5.41, 5.74) is 2.06. The van der Waals surface area contributed by atoms with Crippen molar-refractivity contribution >= 4 is 58.8 Å². The zero-order valence-corrected chi connectivity index (χ0v) is 37.6. The molecule has 1 aliphatic rings. The Kier molecular flexibility index (Phi) is 13.0. The van der Waals surface area contributed by atoms with Crippen molar-refractivity contribution in [1.29, 1.82) is 0 Å². The maximum Gasteiger partial charge on any atom is 0.347 e. The Morgan fingerprint density at radius 2 is 1.71 bits per heavy atom. The topological polar surface area (TPSA) is 129 Å². The number of H-pyrrole nitrogens is 1. The number of aromatic hydroxyl groups is 1. The number of aromatic amines is 1. The van der Waals surface area contributed by atoms with Gasteiger partial charge in [0.05, 0.1) is 27.5 Å². The summed E-state index contributed by atoms with van der Waals surface area (Å²) in [5, 5.41) is 30.6. The summed E-state index contributed by atoms with van der Waals surface area (Å²) in [6, 6.07) is 23.7. The van der Waals surface area contributed by atoms with Gasteiger partial charge in [-0.2, -0.15) is 0 Å². The van der Waals surface area contributed by atoms with Gasteiger partial charge in [-0.1, -0.05) is 45.0 Å². The fourth-order valence-corrected chi connectivity index (χ4v) is 11.3.